The molecule has 0 aliphatic carbocycles. The van der Waals surface area contributed by atoms with E-state index in [1.54, 1.807) is 12.3 Å². The number of nitrogens with one attached hydrogen (secondary N) is 1. The van der Waals surface area contributed by atoms with Gasteiger partial charge in [-0.3, -0.25) is 4.79 Å². The number of rotatable bonds is 3. The summed E-state index contributed by atoms with van der Waals surface area (Å²) in [6.07, 6.45) is 1.82. The van der Waals surface area contributed by atoms with Gasteiger partial charge in [-0.1, -0.05) is 0 Å². The second-order valence-electron chi connectivity index (χ2n) is 5.72. The Labute approximate surface area is 124 Å². The number of morpholine rings is 1. The van der Waals surface area contributed by atoms with Crippen LogP contribution in [-0.4, -0.2) is 73.7 Å². The average molecular weight is 293 g/mol. The largest absolute Gasteiger partial charge is 0.374 e. The maximum atomic E-state index is 12.2. The first-order valence-electron chi connectivity index (χ1n) is 7.55. The summed E-state index contributed by atoms with van der Waals surface area (Å²) in [5, 5.41) is 7.57. The minimum atomic E-state index is -0.0550. The van der Waals surface area contributed by atoms with Crippen molar-refractivity contribution < 1.29 is 4.74 Å². The van der Waals surface area contributed by atoms with Crippen molar-refractivity contribution in [2.75, 3.05) is 57.8 Å². The topological polar surface area (TPSA) is 62.6 Å². The first-order valence-corrected chi connectivity index (χ1v) is 7.55. The lowest BCUT2D eigenvalue weighted by molar-refractivity contribution is 0.0153. The molecule has 0 aromatic carbocycles. The molecule has 21 heavy (non-hydrogen) atoms. The zero-order chi connectivity index (χ0) is 14.7. The Hall–Kier alpha value is -1.44. The molecule has 1 aromatic heterocycles. The summed E-state index contributed by atoms with van der Waals surface area (Å²) in [5.74, 6) is 0. The van der Waals surface area contributed by atoms with Crippen LogP contribution in [0.3, 0.4) is 0 Å². The fraction of sp³-hybridized carbons (Fsp3) is 0.714. The van der Waals surface area contributed by atoms with Crippen LogP contribution in [0, 0.1) is 0 Å². The third-order valence-corrected chi connectivity index (χ3v) is 4.10. The van der Waals surface area contributed by atoms with Crippen molar-refractivity contribution in [2.45, 2.75) is 12.6 Å². The summed E-state index contributed by atoms with van der Waals surface area (Å²) < 4.78 is 7.11. The number of hydrogen-bond acceptors (Lipinski definition) is 6. The number of ether oxygens (including phenoxy) is 1. The van der Waals surface area contributed by atoms with E-state index in [2.05, 4.69) is 27.3 Å². The number of hydrogen-bond donors (Lipinski definition) is 1. The third kappa shape index (κ3) is 3.61. The van der Waals surface area contributed by atoms with Crippen molar-refractivity contribution in [2.24, 2.45) is 0 Å². The molecule has 7 heteroatoms. The number of nitrogens with zero attached hydrogens (tertiary/aromatic N) is 4. The van der Waals surface area contributed by atoms with Gasteiger partial charge in [0.05, 0.1) is 31.1 Å². The highest BCUT2D eigenvalue weighted by atomic mass is 16.5. The molecule has 1 N–H and O–H groups in total. The molecule has 1 aromatic rings. The van der Waals surface area contributed by atoms with Gasteiger partial charge in [-0.25, -0.2) is 4.68 Å². The van der Waals surface area contributed by atoms with E-state index in [9.17, 15) is 4.79 Å². The molecule has 0 amide bonds. The Balaban J connectivity index is 1.66. The van der Waals surface area contributed by atoms with E-state index in [0.717, 1.165) is 45.0 Å². The molecule has 1 unspecified atom stereocenters. The van der Waals surface area contributed by atoms with E-state index in [1.165, 1.54) is 4.68 Å². The Morgan fingerprint density at radius 2 is 2.19 bits per heavy atom. The van der Waals surface area contributed by atoms with E-state index in [0.29, 0.717) is 13.2 Å². The molecular formula is C14H23N5O2. The van der Waals surface area contributed by atoms with Crippen molar-refractivity contribution in [3.8, 4) is 0 Å². The smallest absolute Gasteiger partial charge is 0.268 e. The van der Waals surface area contributed by atoms with Gasteiger partial charge in [-0.15, -0.1) is 0 Å². The van der Waals surface area contributed by atoms with Gasteiger partial charge < -0.3 is 19.9 Å². The highest BCUT2D eigenvalue weighted by molar-refractivity contribution is 5.43. The van der Waals surface area contributed by atoms with Crippen LogP contribution >= 0.6 is 0 Å². The molecule has 2 fully saturated rings. The van der Waals surface area contributed by atoms with E-state index >= 15 is 0 Å². The van der Waals surface area contributed by atoms with Gasteiger partial charge >= 0.3 is 0 Å². The lowest BCUT2D eigenvalue weighted by Crippen LogP contribution is -2.45. The fourth-order valence-corrected chi connectivity index (χ4v) is 2.73. The number of likely N-dealkylation sites (N-methyl/N-ethyl adjacent to an activating group) is 1. The average Bonchev–Trinajstić information content (AvgIpc) is 2.51. The molecule has 116 valence electrons. The summed E-state index contributed by atoms with van der Waals surface area (Å²) in [6.45, 7) is 6.77. The van der Waals surface area contributed by atoms with Gasteiger partial charge in [0, 0.05) is 45.3 Å². The van der Waals surface area contributed by atoms with Crippen LogP contribution in [-0.2, 0) is 11.3 Å². The quantitative estimate of drug-likeness (QED) is 0.770. The lowest BCUT2D eigenvalue weighted by atomic mass is 10.3. The van der Waals surface area contributed by atoms with Gasteiger partial charge in [-0.05, 0) is 7.05 Å². The monoisotopic (exact) mass is 293 g/mol. The number of anilines is 1. The van der Waals surface area contributed by atoms with Crippen LogP contribution in [0.5, 0.6) is 0 Å². The minimum absolute atomic E-state index is 0.0263. The van der Waals surface area contributed by atoms with Crippen molar-refractivity contribution in [3.05, 3.63) is 22.6 Å². The summed E-state index contributed by atoms with van der Waals surface area (Å²) in [5.41, 5.74) is 0.868. The SMILES string of the molecule is CN1CCN(c2cnn(CC3CNCCO3)c(=O)c2)CC1. The molecule has 2 saturated heterocycles. The van der Waals surface area contributed by atoms with Gasteiger partial charge in [-0.2, -0.15) is 5.10 Å². The van der Waals surface area contributed by atoms with Crippen LogP contribution in [0.4, 0.5) is 5.69 Å². The van der Waals surface area contributed by atoms with Crippen LogP contribution < -0.4 is 15.8 Å². The molecule has 0 bridgehead atoms. The van der Waals surface area contributed by atoms with Gasteiger partial charge in [0.1, 0.15) is 0 Å². The van der Waals surface area contributed by atoms with Crippen molar-refractivity contribution in [1.82, 2.24) is 20.0 Å². The zero-order valence-electron chi connectivity index (χ0n) is 12.5. The van der Waals surface area contributed by atoms with Gasteiger partial charge in [0.2, 0.25) is 0 Å². The predicted octanol–water partition coefficient (Wildman–Crippen LogP) is -1.02. The second kappa shape index (κ2) is 6.55. The molecule has 7 nitrogen and oxygen atoms in total. The molecule has 0 spiro atoms. The molecule has 0 radical (unpaired) electrons. The Bertz CT molecular complexity index is 518. The van der Waals surface area contributed by atoms with E-state index in [4.69, 9.17) is 4.74 Å². The van der Waals surface area contributed by atoms with Crippen LogP contribution in [0.1, 0.15) is 0 Å². The Kier molecular flexibility index (Phi) is 4.52. The van der Waals surface area contributed by atoms with E-state index < -0.39 is 0 Å². The third-order valence-electron chi connectivity index (χ3n) is 4.10. The summed E-state index contributed by atoms with van der Waals surface area (Å²) in [7, 11) is 2.12. The maximum Gasteiger partial charge on any atom is 0.268 e. The minimum Gasteiger partial charge on any atom is -0.374 e. The van der Waals surface area contributed by atoms with Crippen LogP contribution in [0.15, 0.2) is 17.1 Å². The number of aromatic nitrogens is 2. The van der Waals surface area contributed by atoms with Crippen molar-refractivity contribution in [3.63, 3.8) is 0 Å². The molecule has 1 atom stereocenters. The van der Waals surface area contributed by atoms with Gasteiger partial charge in [0.15, 0.2) is 0 Å². The highest BCUT2D eigenvalue weighted by Gasteiger charge is 2.17. The second-order valence-corrected chi connectivity index (χ2v) is 5.72. The highest BCUT2D eigenvalue weighted by Crippen LogP contribution is 2.12. The Morgan fingerprint density at radius 3 is 2.86 bits per heavy atom. The summed E-state index contributed by atoms with van der Waals surface area (Å²) in [4.78, 5) is 16.7. The lowest BCUT2D eigenvalue weighted by Gasteiger charge is -2.33. The molecule has 2 aliphatic heterocycles. The van der Waals surface area contributed by atoms with Crippen molar-refractivity contribution in [1.29, 1.82) is 0 Å². The van der Waals surface area contributed by atoms with Crippen LogP contribution in [0.2, 0.25) is 0 Å². The molecule has 2 aliphatic rings. The molecule has 0 saturated carbocycles. The first kappa shape index (κ1) is 14.5. The molecular weight excluding hydrogens is 270 g/mol. The van der Waals surface area contributed by atoms with E-state index in [1.807, 2.05) is 0 Å². The zero-order valence-corrected chi connectivity index (χ0v) is 12.5. The maximum absolute atomic E-state index is 12.2. The molecule has 3 rings (SSSR count). The van der Waals surface area contributed by atoms with Crippen LogP contribution in [0.25, 0.3) is 0 Å². The van der Waals surface area contributed by atoms with Crippen molar-refractivity contribution >= 4 is 5.69 Å². The number of piperazine rings is 1. The summed E-state index contributed by atoms with van der Waals surface area (Å²) in [6, 6.07) is 1.69. The normalized spacial score (nSPS) is 24.2. The fourth-order valence-electron chi connectivity index (χ4n) is 2.73. The Morgan fingerprint density at radius 1 is 1.38 bits per heavy atom. The first-order chi connectivity index (χ1) is 10.2. The standard InChI is InChI=1S/C14H23N5O2/c1-17-3-5-18(6-4-17)12-8-14(20)19(16-9-12)11-13-10-15-2-7-21-13/h8-9,13,15H,2-7,10-11H2,1H3. The predicted molar refractivity (Wildman–Crippen MR) is 80.8 cm³/mol. The molecule has 3 heterocycles. The van der Waals surface area contributed by atoms with E-state index in [-0.39, 0.29) is 11.7 Å². The summed E-state index contributed by atoms with van der Waals surface area (Å²) >= 11 is 0. The van der Waals surface area contributed by atoms with Gasteiger partial charge in [0.25, 0.3) is 5.56 Å².